The molecule has 0 radical (unpaired) electrons. The Kier molecular flexibility index (Phi) is 3.61. The summed E-state index contributed by atoms with van der Waals surface area (Å²) in [5.41, 5.74) is 0.451. The first-order chi connectivity index (χ1) is 9.65. The van der Waals surface area contributed by atoms with Gasteiger partial charge in [0.25, 0.3) is 5.91 Å². The Morgan fingerprint density at radius 2 is 2.30 bits per heavy atom. The number of nitrogens with one attached hydrogen (secondary N) is 1. The summed E-state index contributed by atoms with van der Waals surface area (Å²) >= 11 is 5.98. The number of nitrogens with zero attached hydrogens (tertiary/aromatic N) is 2. The van der Waals surface area contributed by atoms with E-state index < -0.39 is 0 Å². The molecule has 6 heteroatoms. The van der Waals surface area contributed by atoms with Crippen molar-refractivity contribution in [2.75, 3.05) is 13.1 Å². The predicted molar refractivity (Wildman–Crippen MR) is 74.4 cm³/mol. The van der Waals surface area contributed by atoms with E-state index in [1.54, 1.807) is 18.3 Å². The molecule has 0 bridgehead atoms. The van der Waals surface area contributed by atoms with Gasteiger partial charge in [-0.1, -0.05) is 11.6 Å². The largest absolute Gasteiger partial charge is 0.353 e. The molecule has 0 saturated carbocycles. The van der Waals surface area contributed by atoms with Gasteiger partial charge in [-0.15, -0.1) is 0 Å². The molecule has 3 rings (SSSR count). The molecule has 2 saturated heterocycles. The van der Waals surface area contributed by atoms with Crippen LogP contribution in [0.15, 0.2) is 18.3 Å². The maximum Gasteiger partial charge on any atom is 0.256 e. The summed E-state index contributed by atoms with van der Waals surface area (Å²) in [6.07, 6.45) is 3.78. The molecule has 106 valence electrons. The van der Waals surface area contributed by atoms with Crippen LogP contribution in [0.1, 0.15) is 29.6 Å². The molecule has 2 aliphatic rings. The van der Waals surface area contributed by atoms with Crippen LogP contribution < -0.4 is 5.32 Å². The second-order valence-corrected chi connectivity index (χ2v) is 5.71. The van der Waals surface area contributed by atoms with Gasteiger partial charge in [-0.3, -0.25) is 9.59 Å². The molecule has 2 fully saturated rings. The van der Waals surface area contributed by atoms with Crippen molar-refractivity contribution in [3.8, 4) is 0 Å². The minimum absolute atomic E-state index is 0.0709. The van der Waals surface area contributed by atoms with Crippen molar-refractivity contribution in [3.63, 3.8) is 0 Å². The van der Waals surface area contributed by atoms with Gasteiger partial charge in [0.15, 0.2) is 0 Å². The molecule has 20 heavy (non-hydrogen) atoms. The molecule has 2 amide bonds. The maximum absolute atomic E-state index is 12.5. The second-order valence-electron chi connectivity index (χ2n) is 5.35. The molecule has 0 aliphatic carbocycles. The summed E-state index contributed by atoms with van der Waals surface area (Å²) in [5, 5.41) is 3.26. The van der Waals surface area contributed by atoms with Crippen LogP contribution in [0.2, 0.25) is 5.15 Å². The van der Waals surface area contributed by atoms with Crippen LogP contribution in [0.25, 0.3) is 0 Å². The highest BCUT2D eigenvalue weighted by atomic mass is 35.5. The van der Waals surface area contributed by atoms with Gasteiger partial charge in [0.05, 0.1) is 5.56 Å². The van der Waals surface area contributed by atoms with Crippen molar-refractivity contribution in [3.05, 3.63) is 29.0 Å². The quantitative estimate of drug-likeness (QED) is 0.798. The van der Waals surface area contributed by atoms with Crippen molar-refractivity contribution in [1.82, 2.24) is 15.2 Å². The van der Waals surface area contributed by atoms with Gasteiger partial charge >= 0.3 is 0 Å². The Morgan fingerprint density at radius 1 is 1.45 bits per heavy atom. The van der Waals surface area contributed by atoms with Crippen LogP contribution in [0, 0.1) is 5.92 Å². The highest BCUT2D eigenvalue weighted by molar-refractivity contribution is 6.32. The monoisotopic (exact) mass is 293 g/mol. The van der Waals surface area contributed by atoms with Crippen molar-refractivity contribution >= 4 is 23.4 Å². The standard InChI is InChI=1S/C14H16ClN3O2/c15-13-10(2-1-6-16-13)14(20)18-7-5-11-9(8-18)3-4-12(19)17-11/h1-2,6,9,11H,3-5,7-8H2,(H,17,19). The van der Waals surface area contributed by atoms with Gasteiger partial charge < -0.3 is 10.2 Å². The summed E-state index contributed by atoms with van der Waals surface area (Å²) in [4.78, 5) is 29.6. The number of hydrogen-bond acceptors (Lipinski definition) is 3. The Balaban J connectivity index is 1.72. The fourth-order valence-electron chi connectivity index (χ4n) is 3.01. The summed E-state index contributed by atoms with van der Waals surface area (Å²) in [6, 6.07) is 3.63. The second kappa shape index (κ2) is 5.40. The van der Waals surface area contributed by atoms with Gasteiger partial charge in [0.2, 0.25) is 5.91 Å². The predicted octanol–water partition coefficient (Wildman–Crippen LogP) is 1.48. The topological polar surface area (TPSA) is 62.3 Å². The number of pyridine rings is 1. The Bertz CT molecular complexity index is 549. The smallest absolute Gasteiger partial charge is 0.256 e. The van der Waals surface area contributed by atoms with Gasteiger partial charge in [0.1, 0.15) is 5.15 Å². The van der Waals surface area contributed by atoms with E-state index in [9.17, 15) is 9.59 Å². The average Bonchev–Trinajstić information content (AvgIpc) is 2.46. The lowest BCUT2D eigenvalue weighted by atomic mass is 9.85. The Labute approximate surface area is 122 Å². The zero-order valence-corrected chi connectivity index (χ0v) is 11.8. The first-order valence-electron chi connectivity index (χ1n) is 6.84. The van der Waals surface area contributed by atoms with E-state index >= 15 is 0 Å². The average molecular weight is 294 g/mol. The van der Waals surface area contributed by atoms with Crippen LogP contribution in [0.5, 0.6) is 0 Å². The van der Waals surface area contributed by atoms with Crippen molar-refractivity contribution in [2.24, 2.45) is 5.92 Å². The number of piperidine rings is 2. The van der Waals surface area contributed by atoms with Crippen LogP contribution in [0.3, 0.4) is 0 Å². The SMILES string of the molecule is O=C1CCC2CN(C(=O)c3cccnc3Cl)CCC2N1. The van der Waals surface area contributed by atoms with Gasteiger partial charge in [-0.2, -0.15) is 0 Å². The molecular formula is C14H16ClN3O2. The number of rotatable bonds is 1. The molecule has 2 unspecified atom stereocenters. The third-order valence-corrected chi connectivity index (χ3v) is 4.40. The summed E-state index contributed by atoms with van der Waals surface area (Å²) in [5.74, 6) is 0.403. The zero-order valence-electron chi connectivity index (χ0n) is 11.0. The zero-order chi connectivity index (χ0) is 14.1. The van der Waals surface area contributed by atoms with Crippen LogP contribution in [-0.2, 0) is 4.79 Å². The van der Waals surface area contributed by atoms with E-state index in [-0.39, 0.29) is 23.0 Å². The molecule has 1 aromatic heterocycles. The molecule has 1 aromatic rings. The fourth-order valence-corrected chi connectivity index (χ4v) is 3.21. The molecule has 2 aliphatic heterocycles. The number of halogens is 1. The van der Waals surface area contributed by atoms with E-state index in [0.717, 1.165) is 12.8 Å². The minimum atomic E-state index is -0.0709. The third kappa shape index (κ3) is 2.50. The molecule has 0 spiro atoms. The summed E-state index contributed by atoms with van der Waals surface area (Å²) in [7, 11) is 0. The van der Waals surface area contributed by atoms with E-state index in [4.69, 9.17) is 11.6 Å². The molecular weight excluding hydrogens is 278 g/mol. The first-order valence-corrected chi connectivity index (χ1v) is 7.22. The van der Waals surface area contributed by atoms with Crippen molar-refractivity contribution in [1.29, 1.82) is 0 Å². The lowest BCUT2D eigenvalue weighted by Gasteiger charge is -2.41. The van der Waals surface area contributed by atoms with Gasteiger partial charge in [-0.05, 0) is 30.9 Å². The lowest BCUT2D eigenvalue weighted by molar-refractivity contribution is -0.125. The van der Waals surface area contributed by atoms with E-state index in [1.165, 1.54) is 0 Å². The van der Waals surface area contributed by atoms with Crippen LogP contribution >= 0.6 is 11.6 Å². The Morgan fingerprint density at radius 3 is 3.10 bits per heavy atom. The van der Waals surface area contributed by atoms with E-state index in [0.29, 0.717) is 31.0 Å². The number of carbonyl (C=O) groups is 2. The fraction of sp³-hybridized carbons (Fsp3) is 0.500. The highest BCUT2D eigenvalue weighted by Crippen LogP contribution is 2.27. The first kappa shape index (κ1) is 13.4. The third-order valence-electron chi connectivity index (χ3n) is 4.10. The maximum atomic E-state index is 12.5. The highest BCUT2D eigenvalue weighted by Gasteiger charge is 2.35. The number of aromatic nitrogens is 1. The number of carbonyl (C=O) groups excluding carboxylic acids is 2. The number of amides is 2. The molecule has 1 N–H and O–H groups in total. The van der Waals surface area contributed by atoms with E-state index in [1.807, 2.05) is 4.90 Å². The van der Waals surface area contributed by atoms with Crippen molar-refractivity contribution in [2.45, 2.75) is 25.3 Å². The van der Waals surface area contributed by atoms with Crippen LogP contribution in [0.4, 0.5) is 0 Å². The summed E-state index contributed by atoms with van der Waals surface area (Å²) < 4.78 is 0. The van der Waals surface area contributed by atoms with Gasteiger partial charge in [0, 0.05) is 31.7 Å². The molecule has 2 atom stereocenters. The molecule has 3 heterocycles. The minimum Gasteiger partial charge on any atom is -0.353 e. The van der Waals surface area contributed by atoms with Gasteiger partial charge in [-0.25, -0.2) is 4.98 Å². The van der Waals surface area contributed by atoms with Crippen molar-refractivity contribution < 1.29 is 9.59 Å². The number of hydrogen-bond donors (Lipinski definition) is 1. The molecule has 0 aromatic carbocycles. The normalized spacial score (nSPS) is 25.9. The Hall–Kier alpha value is -1.62. The van der Waals surface area contributed by atoms with E-state index in [2.05, 4.69) is 10.3 Å². The lowest BCUT2D eigenvalue weighted by Crippen LogP contribution is -2.55. The molecule has 5 nitrogen and oxygen atoms in total. The number of likely N-dealkylation sites (tertiary alicyclic amines) is 1. The summed E-state index contributed by atoms with van der Waals surface area (Å²) in [6.45, 7) is 1.32. The van der Waals surface area contributed by atoms with Crippen LogP contribution in [-0.4, -0.2) is 40.8 Å². The number of fused-ring (bicyclic) bond motifs is 1.